The standard InChI is InChI=1S/C18H27N6O2/c1-6-7-9-22-16(25)14-15(21(5)18(22)26)19-17-23(14)11-13(4)20-24(17)10-8-12(2)3/h6-7,12,14H,8-11H2,1-5H3/q+1/b7-6+. The number of carbonyl (C=O) groups is 2. The summed E-state index contributed by atoms with van der Waals surface area (Å²) in [6, 6.07) is -0.903. The summed E-state index contributed by atoms with van der Waals surface area (Å²) in [7, 11) is 1.68. The van der Waals surface area contributed by atoms with E-state index in [-0.39, 0.29) is 18.5 Å². The number of guanidine groups is 1. The predicted molar refractivity (Wildman–Crippen MR) is 100 cm³/mol. The van der Waals surface area contributed by atoms with E-state index in [4.69, 9.17) is 0 Å². The Kier molecular flexibility index (Phi) is 4.93. The van der Waals surface area contributed by atoms with E-state index in [0.29, 0.717) is 24.3 Å². The predicted octanol–water partition coefficient (Wildman–Crippen LogP) is 1.34. The van der Waals surface area contributed by atoms with E-state index in [9.17, 15) is 9.59 Å². The molecule has 1 fully saturated rings. The van der Waals surface area contributed by atoms with E-state index in [0.717, 1.165) is 18.7 Å². The number of amidine groups is 1. The SMILES string of the molecule is C/C=C/CN1C(=O)C2C(=NC3=[N+]2CC(C)=NN3CCC(C)C)N(C)C1=O. The Morgan fingerprint density at radius 2 is 2.08 bits per heavy atom. The number of carbonyl (C=O) groups excluding carboxylic acids is 2. The zero-order valence-electron chi connectivity index (χ0n) is 16.1. The molecule has 0 radical (unpaired) electrons. The summed E-state index contributed by atoms with van der Waals surface area (Å²) in [5, 5.41) is 6.48. The molecule has 26 heavy (non-hydrogen) atoms. The molecule has 3 amide bonds. The lowest BCUT2D eigenvalue weighted by Crippen LogP contribution is -2.63. The van der Waals surface area contributed by atoms with Gasteiger partial charge in [-0.3, -0.25) is 14.6 Å². The monoisotopic (exact) mass is 359 g/mol. The summed E-state index contributed by atoms with van der Waals surface area (Å²) in [4.78, 5) is 33.1. The Balaban J connectivity index is 1.94. The van der Waals surface area contributed by atoms with Gasteiger partial charge >= 0.3 is 12.0 Å². The van der Waals surface area contributed by atoms with Crippen LogP contribution in [-0.2, 0) is 4.79 Å². The van der Waals surface area contributed by atoms with E-state index < -0.39 is 6.04 Å². The van der Waals surface area contributed by atoms with Crippen LogP contribution in [0.2, 0.25) is 0 Å². The molecule has 0 bridgehead atoms. The number of hydrogen-bond acceptors (Lipinski definition) is 5. The van der Waals surface area contributed by atoms with Crippen LogP contribution in [0, 0.1) is 5.92 Å². The first-order valence-corrected chi connectivity index (χ1v) is 9.09. The van der Waals surface area contributed by atoms with Gasteiger partial charge in [-0.25, -0.2) is 9.37 Å². The fraction of sp³-hybridized carbons (Fsp3) is 0.611. The minimum atomic E-state index is -0.565. The largest absolute Gasteiger partial charge is 0.416 e. The lowest BCUT2D eigenvalue weighted by Gasteiger charge is -2.33. The second-order valence-electron chi connectivity index (χ2n) is 7.30. The van der Waals surface area contributed by atoms with Crippen LogP contribution in [0.5, 0.6) is 0 Å². The molecule has 1 atom stereocenters. The molecule has 8 heteroatoms. The summed E-state index contributed by atoms with van der Waals surface area (Å²) < 4.78 is 1.96. The second kappa shape index (κ2) is 7.01. The minimum Gasteiger partial charge on any atom is -0.270 e. The number of hydrazone groups is 1. The number of amides is 3. The van der Waals surface area contributed by atoms with Gasteiger partial charge in [0, 0.05) is 13.6 Å². The lowest BCUT2D eigenvalue weighted by molar-refractivity contribution is -0.527. The molecule has 140 valence electrons. The molecular weight excluding hydrogens is 332 g/mol. The van der Waals surface area contributed by atoms with E-state index in [1.807, 2.05) is 35.6 Å². The van der Waals surface area contributed by atoms with E-state index >= 15 is 0 Å². The zero-order chi connectivity index (χ0) is 19.0. The Morgan fingerprint density at radius 3 is 2.73 bits per heavy atom. The summed E-state index contributed by atoms with van der Waals surface area (Å²) in [6.07, 6.45) is 4.62. The molecule has 0 aromatic carbocycles. The number of rotatable bonds is 5. The highest BCUT2D eigenvalue weighted by Crippen LogP contribution is 2.23. The summed E-state index contributed by atoms with van der Waals surface area (Å²) in [6.45, 7) is 9.70. The van der Waals surface area contributed by atoms with Crippen molar-refractivity contribution in [3.05, 3.63) is 12.2 Å². The number of likely N-dealkylation sites (N-methyl/N-ethyl adjacent to an activating group) is 1. The molecular formula is C18H27N6O2+. The maximum absolute atomic E-state index is 13.1. The molecule has 0 aromatic rings. The van der Waals surface area contributed by atoms with Crippen molar-refractivity contribution >= 4 is 29.4 Å². The van der Waals surface area contributed by atoms with Crippen molar-refractivity contribution in [1.82, 2.24) is 14.8 Å². The maximum Gasteiger partial charge on any atom is 0.416 e. The van der Waals surface area contributed by atoms with Crippen molar-refractivity contribution in [1.29, 1.82) is 0 Å². The highest BCUT2D eigenvalue weighted by molar-refractivity contribution is 6.23. The van der Waals surface area contributed by atoms with Gasteiger partial charge in [0.1, 0.15) is 6.54 Å². The van der Waals surface area contributed by atoms with Gasteiger partial charge in [-0.15, -0.1) is 10.1 Å². The molecule has 3 aliphatic heterocycles. The van der Waals surface area contributed by atoms with Crippen molar-refractivity contribution < 1.29 is 14.2 Å². The topological polar surface area (TPSA) is 71.6 Å². The van der Waals surface area contributed by atoms with Crippen LogP contribution < -0.4 is 0 Å². The van der Waals surface area contributed by atoms with Gasteiger partial charge in [0.15, 0.2) is 0 Å². The Labute approximate surface area is 154 Å². The number of allylic oxidation sites excluding steroid dienone is 1. The molecule has 0 aliphatic carbocycles. The minimum absolute atomic E-state index is 0.224. The average molecular weight is 359 g/mol. The van der Waals surface area contributed by atoms with Crippen LogP contribution >= 0.6 is 0 Å². The van der Waals surface area contributed by atoms with Crippen LogP contribution in [0.4, 0.5) is 4.79 Å². The van der Waals surface area contributed by atoms with Gasteiger partial charge in [-0.1, -0.05) is 31.0 Å². The van der Waals surface area contributed by atoms with Gasteiger partial charge in [0.05, 0.1) is 12.3 Å². The number of imide groups is 1. The lowest BCUT2D eigenvalue weighted by atomic mass is 10.1. The summed E-state index contributed by atoms with van der Waals surface area (Å²) in [5.74, 6) is 1.47. The third-order valence-corrected chi connectivity index (χ3v) is 4.75. The molecule has 1 unspecified atom stereocenters. The fourth-order valence-electron chi connectivity index (χ4n) is 3.31. The van der Waals surface area contributed by atoms with Crippen molar-refractivity contribution in [2.45, 2.75) is 40.2 Å². The third-order valence-electron chi connectivity index (χ3n) is 4.75. The number of hydrogen-bond donors (Lipinski definition) is 0. The van der Waals surface area contributed by atoms with Crippen molar-refractivity contribution in [2.24, 2.45) is 16.0 Å². The van der Waals surface area contributed by atoms with E-state index in [1.165, 1.54) is 9.80 Å². The van der Waals surface area contributed by atoms with Crippen molar-refractivity contribution in [3.8, 4) is 0 Å². The number of fused-ring (bicyclic) bond motifs is 2. The van der Waals surface area contributed by atoms with Crippen LogP contribution in [-0.4, -0.2) is 81.6 Å². The van der Waals surface area contributed by atoms with Gasteiger partial charge in [0.2, 0.25) is 11.9 Å². The molecule has 0 saturated carbocycles. The Morgan fingerprint density at radius 1 is 1.35 bits per heavy atom. The van der Waals surface area contributed by atoms with Gasteiger partial charge < -0.3 is 0 Å². The first-order valence-electron chi connectivity index (χ1n) is 9.09. The fourth-order valence-corrected chi connectivity index (χ4v) is 3.31. The van der Waals surface area contributed by atoms with E-state index in [1.54, 1.807) is 7.05 Å². The van der Waals surface area contributed by atoms with Crippen LogP contribution in [0.3, 0.4) is 0 Å². The third kappa shape index (κ3) is 3.04. The summed E-state index contributed by atoms with van der Waals surface area (Å²) in [5.41, 5.74) is 0.932. The molecule has 3 aliphatic rings. The number of nitrogens with zero attached hydrogens (tertiary/aromatic N) is 6. The normalized spacial score (nSPS) is 23.2. The summed E-state index contributed by atoms with van der Waals surface area (Å²) >= 11 is 0. The number of aliphatic imine (C=N–C) groups is 1. The molecule has 0 spiro atoms. The van der Waals surface area contributed by atoms with E-state index in [2.05, 4.69) is 23.9 Å². The molecule has 0 N–H and O–H groups in total. The maximum atomic E-state index is 13.1. The number of urea groups is 1. The molecule has 0 aromatic heterocycles. The van der Waals surface area contributed by atoms with Crippen LogP contribution in [0.1, 0.15) is 34.1 Å². The zero-order valence-corrected chi connectivity index (χ0v) is 16.1. The first-order chi connectivity index (χ1) is 12.3. The van der Waals surface area contributed by atoms with Crippen LogP contribution in [0.15, 0.2) is 22.2 Å². The average Bonchev–Trinajstić information content (AvgIpc) is 2.97. The van der Waals surface area contributed by atoms with Gasteiger partial charge in [0.25, 0.3) is 5.91 Å². The van der Waals surface area contributed by atoms with Crippen LogP contribution in [0.25, 0.3) is 0 Å². The molecule has 3 rings (SSSR count). The van der Waals surface area contributed by atoms with Gasteiger partial charge in [-0.2, -0.15) is 0 Å². The molecule has 3 heterocycles. The molecule has 1 saturated heterocycles. The Bertz CT molecular complexity index is 749. The highest BCUT2D eigenvalue weighted by Gasteiger charge is 2.54. The highest BCUT2D eigenvalue weighted by atomic mass is 16.2. The molecule has 8 nitrogen and oxygen atoms in total. The second-order valence-corrected chi connectivity index (χ2v) is 7.30. The van der Waals surface area contributed by atoms with Gasteiger partial charge in [-0.05, 0) is 26.2 Å². The van der Waals surface area contributed by atoms with Crippen molar-refractivity contribution in [2.75, 3.05) is 26.7 Å². The Hall–Kier alpha value is -2.51. The smallest absolute Gasteiger partial charge is 0.270 e. The first kappa shape index (κ1) is 18.3. The quantitative estimate of drug-likeness (QED) is 0.549. The van der Waals surface area contributed by atoms with Crippen molar-refractivity contribution in [3.63, 3.8) is 0 Å².